The minimum atomic E-state index is -0.433. The summed E-state index contributed by atoms with van der Waals surface area (Å²) in [6.07, 6.45) is 5.24. The third-order valence-corrected chi connectivity index (χ3v) is 6.91. The summed E-state index contributed by atoms with van der Waals surface area (Å²) in [5.74, 6) is 0. The van der Waals surface area contributed by atoms with E-state index in [4.69, 9.17) is 19.1 Å². The van der Waals surface area contributed by atoms with Crippen LogP contribution in [0.1, 0.15) is 58.7 Å². The number of nitrogens with zero attached hydrogens (tertiary/aromatic N) is 2. The van der Waals surface area contributed by atoms with Gasteiger partial charge in [0, 0.05) is 17.5 Å². The van der Waals surface area contributed by atoms with Crippen molar-refractivity contribution in [1.29, 1.82) is 0 Å². The fraction of sp³-hybridized carbons (Fsp3) is 0.522. The molecule has 2 aliphatic heterocycles. The zero-order valence-corrected chi connectivity index (χ0v) is 18.0. The van der Waals surface area contributed by atoms with Gasteiger partial charge in [0.15, 0.2) is 6.23 Å². The molecule has 2 saturated heterocycles. The monoisotopic (exact) mass is 392 g/mol. The SMILES string of the molecule is Cc1cccc2cc3c(cnn3C3CCCCO3)c(B3OC(C)(C)C(C)(C)O3)c12. The van der Waals surface area contributed by atoms with Crippen molar-refractivity contribution in [3.8, 4) is 0 Å². The Morgan fingerprint density at radius 3 is 2.55 bits per heavy atom. The molecule has 152 valence electrons. The van der Waals surface area contributed by atoms with Crippen LogP contribution in [0.2, 0.25) is 0 Å². The molecule has 5 nitrogen and oxygen atoms in total. The van der Waals surface area contributed by atoms with Crippen molar-refractivity contribution in [3.05, 3.63) is 36.0 Å². The number of aryl methyl sites for hydroxylation is 1. The Morgan fingerprint density at radius 1 is 1.10 bits per heavy atom. The second-order valence-electron chi connectivity index (χ2n) is 9.39. The van der Waals surface area contributed by atoms with Crippen LogP contribution < -0.4 is 5.46 Å². The lowest BCUT2D eigenvalue weighted by Gasteiger charge is -2.32. The topological polar surface area (TPSA) is 45.5 Å². The van der Waals surface area contributed by atoms with Gasteiger partial charge in [-0.05, 0) is 76.3 Å². The zero-order chi connectivity index (χ0) is 20.4. The quantitative estimate of drug-likeness (QED) is 0.603. The number of hydrogen-bond donors (Lipinski definition) is 0. The highest BCUT2D eigenvalue weighted by Crippen LogP contribution is 2.38. The van der Waals surface area contributed by atoms with E-state index in [0.717, 1.165) is 35.8 Å². The van der Waals surface area contributed by atoms with Gasteiger partial charge >= 0.3 is 7.12 Å². The molecule has 0 N–H and O–H groups in total. The van der Waals surface area contributed by atoms with Gasteiger partial charge in [-0.2, -0.15) is 5.10 Å². The zero-order valence-electron chi connectivity index (χ0n) is 18.0. The highest BCUT2D eigenvalue weighted by Gasteiger charge is 2.52. The van der Waals surface area contributed by atoms with Crippen molar-refractivity contribution in [2.45, 2.75) is 71.3 Å². The highest BCUT2D eigenvalue weighted by molar-refractivity contribution is 6.68. The van der Waals surface area contributed by atoms with Gasteiger partial charge in [0.1, 0.15) is 0 Å². The summed E-state index contributed by atoms with van der Waals surface area (Å²) in [5, 5.41) is 8.22. The Labute approximate surface area is 172 Å². The van der Waals surface area contributed by atoms with Crippen LogP contribution in [0.4, 0.5) is 0 Å². The van der Waals surface area contributed by atoms with E-state index >= 15 is 0 Å². The van der Waals surface area contributed by atoms with Crippen molar-refractivity contribution in [3.63, 3.8) is 0 Å². The molecule has 2 aromatic carbocycles. The molecule has 3 aromatic rings. The molecule has 2 aliphatic rings. The van der Waals surface area contributed by atoms with E-state index < -0.39 is 18.3 Å². The van der Waals surface area contributed by atoms with Crippen LogP contribution in [-0.2, 0) is 14.0 Å². The fourth-order valence-corrected chi connectivity index (χ4v) is 4.54. The number of aromatic nitrogens is 2. The maximum Gasteiger partial charge on any atom is 0.496 e. The summed E-state index contributed by atoms with van der Waals surface area (Å²) in [5.41, 5.74) is 2.60. The standard InChI is InChI=1S/C23H29BN2O3/c1-15-9-8-10-16-13-18-17(14-25-26(18)19-11-6-7-12-27-19)21(20(15)16)24-28-22(2,3)23(4,5)29-24/h8-10,13-14,19H,6-7,11-12H2,1-5H3. The summed E-state index contributed by atoms with van der Waals surface area (Å²) in [7, 11) is -0.433. The van der Waals surface area contributed by atoms with Crippen molar-refractivity contribution >= 4 is 34.3 Å². The van der Waals surface area contributed by atoms with Crippen LogP contribution in [0, 0.1) is 6.92 Å². The predicted molar refractivity (Wildman–Crippen MR) is 117 cm³/mol. The molecule has 0 saturated carbocycles. The maximum atomic E-state index is 6.49. The highest BCUT2D eigenvalue weighted by atomic mass is 16.7. The molecule has 3 heterocycles. The van der Waals surface area contributed by atoms with E-state index in [1.807, 2.05) is 10.9 Å². The third kappa shape index (κ3) is 2.92. The Kier molecular flexibility index (Phi) is 4.32. The Balaban J connectivity index is 1.75. The number of benzene rings is 2. The average molecular weight is 392 g/mol. The minimum absolute atomic E-state index is 0.00495. The minimum Gasteiger partial charge on any atom is -0.399 e. The smallest absolute Gasteiger partial charge is 0.399 e. The van der Waals surface area contributed by atoms with E-state index in [9.17, 15) is 0 Å². The molecule has 0 spiro atoms. The summed E-state index contributed by atoms with van der Waals surface area (Å²) in [6, 6.07) is 8.65. The van der Waals surface area contributed by atoms with Crippen LogP contribution in [0.5, 0.6) is 0 Å². The number of hydrogen-bond acceptors (Lipinski definition) is 4. The molecule has 6 heteroatoms. The number of rotatable bonds is 2. The van der Waals surface area contributed by atoms with E-state index in [1.54, 1.807) is 0 Å². The van der Waals surface area contributed by atoms with Gasteiger partial charge in [-0.3, -0.25) is 0 Å². The number of fused-ring (bicyclic) bond motifs is 2. The second kappa shape index (κ2) is 6.56. The summed E-state index contributed by atoms with van der Waals surface area (Å²) >= 11 is 0. The van der Waals surface area contributed by atoms with E-state index in [2.05, 4.69) is 58.9 Å². The van der Waals surface area contributed by atoms with Crippen molar-refractivity contribution < 1.29 is 14.0 Å². The molecule has 0 bridgehead atoms. The first-order valence-corrected chi connectivity index (χ1v) is 10.7. The molecule has 0 amide bonds. The molecule has 1 unspecified atom stereocenters. The number of ether oxygens (including phenoxy) is 1. The first-order chi connectivity index (χ1) is 13.8. The van der Waals surface area contributed by atoms with Crippen LogP contribution in [0.3, 0.4) is 0 Å². The lowest BCUT2D eigenvalue weighted by Crippen LogP contribution is -2.41. The third-order valence-electron chi connectivity index (χ3n) is 6.91. The Bertz CT molecular complexity index is 1070. The predicted octanol–water partition coefficient (Wildman–Crippen LogP) is 4.50. The average Bonchev–Trinajstić information content (AvgIpc) is 3.18. The Morgan fingerprint density at radius 2 is 1.86 bits per heavy atom. The van der Waals surface area contributed by atoms with Crippen molar-refractivity contribution in [2.24, 2.45) is 0 Å². The Hall–Kier alpha value is -1.89. The molecular formula is C23H29BN2O3. The van der Waals surface area contributed by atoms with E-state index in [1.165, 1.54) is 22.8 Å². The van der Waals surface area contributed by atoms with Gasteiger partial charge in [-0.15, -0.1) is 0 Å². The van der Waals surface area contributed by atoms with Gasteiger partial charge in [0.2, 0.25) is 0 Å². The maximum absolute atomic E-state index is 6.49. The van der Waals surface area contributed by atoms with Crippen molar-refractivity contribution in [2.75, 3.05) is 6.61 Å². The first kappa shape index (κ1) is 19.1. The van der Waals surface area contributed by atoms with E-state index in [-0.39, 0.29) is 6.23 Å². The summed E-state index contributed by atoms with van der Waals surface area (Å²) in [6.45, 7) is 11.3. The van der Waals surface area contributed by atoms with Crippen LogP contribution in [0.15, 0.2) is 30.5 Å². The van der Waals surface area contributed by atoms with Gasteiger partial charge in [-0.25, -0.2) is 4.68 Å². The fourth-order valence-electron chi connectivity index (χ4n) is 4.54. The van der Waals surface area contributed by atoms with Gasteiger partial charge in [0.25, 0.3) is 0 Å². The van der Waals surface area contributed by atoms with Gasteiger partial charge in [-0.1, -0.05) is 18.2 Å². The molecule has 1 aromatic heterocycles. The molecular weight excluding hydrogens is 363 g/mol. The first-order valence-electron chi connectivity index (χ1n) is 10.7. The largest absolute Gasteiger partial charge is 0.496 e. The molecule has 0 aliphatic carbocycles. The van der Waals surface area contributed by atoms with Gasteiger partial charge in [0.05, 0.1) is 22.9 Å². The molecule has 0 radical (unpaired) electrons. The lowest BCUT2D eigenvalue weighted by atomic mass is 9.73. The summed E-state index contributed by atoms with van der Waals surface area (Å²) < 4.78 is 21.1. The van der Waals surface area contributed by atoms with Gasteiger partial charge < -0.3 is 14.0 Å². The molecule has 5 rings (SSSR count). The van der Waals surface area contributed by atoms with Crippen molar-refractivity contribution in [1.82, 2.24) is 9.78 Å². The van der Waals surface area contributed by atoms with Crippen LogP contribution >= 0.6 is 0 Å². The van der Waals surface area contributed by atoms with Crippen LogP contribution in [-0.4, -0.2) is 34.7 Å². The van der Waals surface area contributed by atoms with Crippen LogP contribution in [0.25, 0.3) is 21.7 Å². The molecule has 29 heavy (non-hydrogen) atoms. The second-order valence-corrected chi connectivity index (χ2v) is 9.39. The summed E-state index contributed by atoms with van der Waals surface area (Å²) in [4.78, 5) is 0. The normalized spacial score (nSPS) is 23.9. The molecule has 2 fully saturated rings. The lowest BCUT2D eigenvalue weighted by molar-refractivity contribution is -0.0366. The molecule has 1 atom stereocenters. The van der Waals surface area contributed by atoms with E-state index in [0.29, 0.717) is 0 Å².